The van der Waals surface area contributed by atoms with Gasteiger partial charge >= 0.3 is 0 Å². The Morgan fingerprint density at radius 3 is 2.33 bits per heavy atom. The second-order valence-electron chi connectivity index (χ2n) is 7.00. The minimum atomic E-state index is -3.56. The third kappa shape index (κ3) is 4.21. The first kappa shape index (κ1) is 22.3. The monoisotopic (exact) mass is 448 g/mol. The maximum absolute atomic E-state index is 12.8. The molecule has 2 aromatic carbocycles. The van der Waals surface area contributed by atoms with E-state index < -0.39 is 10.0 Å². The Morgan fingerprint density at radius 1 is 1.10 bits per heavy atom. The summed E-state index contributed by atoms with van der Waals surface area (Å²) in [5, 5.41) is 0.569. The number of fused-ring (bicyclic) bond motifs is 1. The molecule has 0 aliphatic heterocycles. The van der Waals surface area contributed by atoms with Crippen LogP contribution in [-0.2, 0) is 23.6 Å². The maximum Gasteiger partial charge on any atom is 0.254 e. The quantitative estimate of drug-likeness (QED) is 0.554. The zero-order valence-electron chi connectivity index (χ0n) is 17.5. The molecule has 0 aliphatic carbocycles. The molecule has 0 bridgehead atoms. The number of nitrogens with zero attached hydrogens (tertiary/aromatic N) is 4. The summed E-state index contributed by atoms with van der Waals surface area (Å²) in [4.78, 5) is 19.1. The summed E-state index contributed by atoms with van der Waals surface area (Å²) in [6.45, 7) is 4.71. The van der Waals surface area contributed by atoms with Gasteiger partial charge in [0.1, 0.15) is 5.82 Å². The van der Waals surface area contributed by atoms with Crippen molar-refractivity contribution in [3.05, 3.63) is 58.9 Å². The van der Waals surface area contributed by atoms with Crippen LogP contribution in [0.4, 0.5) is 0 Å². The standard InChI is InChI=1S/C21H25ClN4O3S/c1-5-26(6-2)30(28,29)17-11-12-19-18(13-17)23-20(25(19)4)14-24(3)21(27)15-7-9-16(22)10-8-15/h7-13H,5-6,14H2,1-4H3. The van der Waals surface area contributed by atoms with Crippen molar-refractivity contribution in [3.63, 3.8) is 0 Å². The summed E-state index contributed by atoms with van der Waals surface area (Å²) >= 11 is 5.89. The van der Waals surface area contributed by atoms with Crippen molar-refractivity contribution < 1.29 is 13.2 Å². The predicted octanol–water partition coefficient (Wildman–Crippen LogP) is 3.53. The van der Waals surface area contributed by atoms with E-state index in [1.54, 1.807) is 54.4 Å². The lowest BCUT2D eigenvalue weighted by molar-refractivity contribution is 0.0780. The van der Waals surface area contributed by atoms with E-state index in [1.165, 1.54) is 4.31 Å². The van der Waals surface area contributed by atoms with Gasteiger partial charge in [-0.2, -0.15) is 4.31 Å². The van der Waals surface area contributed by atoms with E-state index in [-0.39, 0.29) is 17.3 Å². The van der Waals surface area contributed by atoms with Crippen LogP contribution in [0.3, 0.4) is 0 Å². The van der Waals surface area contributed by atoms with Gasteiger partial charge in [0.25, 0.3) is 5.91 Å². The van der Waals surface area contributed by atoms with E-state index >= 15 is 0 Å². The number of carbonyl (C=O) groups is 1. The van der Waals surface area contributed by atoms with E-state index in [0.717, 1.165) is 5.52 Å². The number of aromatic nitrogens is 2. The molecule has 0 unspecified atom stereocenters. The van der Waals surface area contributed by atoms with Gasteiger partial charge in [0, 0.05) is 37.8 Å². The second kappa shape index (κ2) is 8.75. The van der Waals surface area contributed by atoms with Crippen LogP contribution < -0.4 is 0 Å². The first-order chi connectivity index (χ1) is 14.2. The van der Waals surface area contributed by atoms with Gasteiger partial charge in [-0.05, 0) is 42.5 Å². The largest absolute Gasteiger partial charge is 0.334 e. The van der Waals surface area contributed by atoms with Crippen LogP contribution in [-0.4, -0.2) is 53.2 Å². The lowest BCUT2D eigenvalue weighted by Gasteiger charge is -2.18. The zero-order chi connectivity index (χ0) is 22.1. The lowest BCUT2D eigenvalue weighted by atomic mass is 10.2. The highest BCUT2D eigenvalue weighted by atomic mass is 35.5. The molecule has 0 N–H and O–H groups in total. The van der Waals surface area contributed by atoms with Gasteiger partial charge in [-0.3, -0.25) is 4.79 Å². The lowest BCUT2D eigenvalue weighted by Crippen LogP contribution is -2.30. The number of hydrogen-bond acceptors (Lipinski definition) is 4. The van der Waals surface area contributed by atoms with Gasteiger partial charge in [-0.1, -0.05) is 25.4 Å². The second-order valence-corrected chi connectivity index (χ2v) is 9.37. The number of hydrogen-bond donors (Lipinski definition) is 0. The van der Waals surface area contributed by atoms with Crippen LogP contribution >= 0.6 is 11.6 Å². The summed E-state index contributed by atoms with van der Waals surface area (Å²) in [5.41, 5.74) is 1.91. The fourth-order valence-electron chi connectivity index (χ4n) is 3.34. The number of carbonyl (C=O) groups excluding carboxylic acids is 1. The molecular formula is C21H25ClN4O3S. The molecule has 3 rings (SSSR count). The SMILES string of the molecule is CCN(CC)S(=O)(=O)c1ccc2c(c1)nc(CN(C)C(=O)c1ccc(Cl)cc1)n2C. The zero-order valence-corrected chi connectivity index (χ0v) is 19.0. The van der Waals surface area contributed by atoms with Gasteiger partial charge in [-0.15, -0.1) is 0 Å². The molecule has 0 saturated heterocycles. The fraction of sp³-hybridized carbons (Fsp3) is 0.333. The van der Waals surface area contributed by atoms with Crippen LogP contribution in [0.2, 0.25) is 5.02 Å². The van der Waals surface area contributed by atoms with Crippen LogP contribution in [0, 0.1) is 0 Å². The molecule has 0 radical (unpaired) electrons. The van der Waals surface area contributed by atoms with E-state index in [1.807, 2.05) is 25.5 Å². The molecule has 0 fully saturated rings. The normalized spacial score (nSPS) is 11.9. The Balaban J connectivity index is 1.89. The number of amides is 1. The average molecular weight is 449 g/mol. The third-order valence-electron chi connectivity index (χ3n) is 5.10. The summed E-state index contributed by atoms with van der Waals surface area (Å²) in [6, 6.07) is 11.7. The van der Waals surface area contributed by atoms with Crippen LogP contribution in [0.1, 0.15) is 30.0 Å². The number of sulfonamides is 1. The van der Waals surface area contributed by atoms with Crippen molar-refractivity contribution in [2.45, 2.75) is 25.3 Å². The smallest absolute Gasteiger partial charge is 0.254 e. The first-order valence-electron chi connectivity index (χ1n) is 9.65. The maximum atomic E-state index is 12.8. The Hall–Kier alpha value is -2.42. The van der Waals surface area contributed by atoms with Crippen molar-refractivity contribution in [2.75, 3.05) is 20.1 Å². The molecule has 30 heavy (non-hydrogen) atoms. The molecule has 9 heteroatoms. The molecule has 1 aromatic heterocycles. The van der Waals surface area contributed by atoms with E-state index in [2.05, 4.69) is 4.98 Å². The molecule has 7 nitrogen and oxygen atoms in total. The third-order valence-corrected chi connectivity index (χ3v) is 7.40. The predicted molar refractivity (Wildman–Crippen MR) is 118 cm³/mol. The highest BCUT2D eigenvalue weighted by molar-refractivity contribution is 7.89. The van der Waals surface area contributed by atoms with Gasteiger partial charge in [-0.25, -0.2) is 13.4 Å². The Bertz CT molecular complexity index is 1170. The summed E-state index contributed by atoms with van der Waals surface area (Å²) in [7, 11) is -0.0116. The molecule has 0 atom stereocenters. The Kier molecular flexibility index (Phi) is 6.50. The molecule has 0 aliphatic rings. The van der Waals surface area contributed by atoms with Crippen molar-refractivity contribution in [1.82, 2.24) is 18.8 Å². The van der Waals surface area contributed by atoms with E-state index in [0.29, 0.717) is 35.0 Å². The highest BCUT2D eigenvalue weighted by Crippen LogP contribution is 2.23. The Labute approximate surface area is 181 Å². The van der Waals surface area contributed by atoms with Crippen LogP contribution in [0.5, 0.6) is 0 Å². The number of aryl methyl sites for hydroxylation is 1. The highest BCUT2D eigenvalue weighted by Gasteiger charge is 2.23. The van der Waals surface area contributed by atoms with Crippen molar-refractivity contribution in [2.24, 2.45) is 7.05 Å². The topological polar surface area (TPSA) is 75.5 Å². The van der Waals surface area contributed by atoms with Crippen molar-refractivity contribution >= 4 is 38.6 Å². The Morgan fingerprint density at radius 2 is 1.73 bits per heavy atom. The molecule has 0 saturated carbocycles. The van der Waals surface area contributed by atoms with Gasteiger partial charge in [0.15, 0.2) is 0 Å². The molecular weight excluding hydrogens is 424 g/mol. The number of imidazole rings is 1. The van der Waals surface area contributed by atoms with Crippen molar-refractivity contribution in [3.8, 4) is 0 Å². The number of benzene rings is 2. The number of halogens is 1. The molecule has 1 amide bonds. The summed E-state index contributed by atoms with van der Waals surface area (Å²) in [6.07, 6.45) is 0. The van der Waals surface area contributed by atoms with E-state index in [4.69, 9.17) is 11.6 Å². The van der Waals surface area contributed by atoms with Crippen molar-refractivity contribution in [1.29, 1.82) is 0 Å². The van der Waals surface area contributed by atoms with Crippen LogP contribution in [0.25, 0.3) is 11.0 Å². The van der Waals surface area contributed by atoms with Gasteiger partial charge in [0.2, 0.25) is 10.0 Å². The van der Waals surface area contributed by atoms with E-state index in [9.17, 15) is 13.2 Å². The number of rotatable bonds is 7. The molecule has 3 aromatic rings. The minimum Gasteiger partial charge on any atom is -0.334 e. The molecule has 1 heterocycles. The minimum absolute atomic E-state index is 0.150. The molecule has 160 valence electrons. The summed E-state index contributed by atoms with van der Waals surface area (Å²) in [5.74, 6) is 0.510. The average Bonchev–Trinajstić information content (AvgIpc) is 3.03. The fourth-order valence-corrected chi connectivity index (χ4v) is 4.95. The summed E-state index contributed by atoms with van der Waals surface area (Å²) < 4.78 is 28.9. The van der Waals surface area contributed by atoms with Crippen LogP contribution in [0.15, 0.2) is 47.4 Å². The van der Waals surface area contributed by atoms with Gasteiger partial charge in [0.05, 0.1) is 22.5 Å². The first-order valence-corrected chi connectivity index (χ1v) is 11.5. The molecule has 0 spiro atoms. The van der Waals surface area contributed by atoms with Gasteiger partial charge < -0.3 is 9.47 Å².